The summed E-state index contributed by atoms with van der Waals surface area (Å²) >= 11 is 3.49. The predicted molar refractivity (Wildman–Crippen MR) is 126 cm³/mol. The number of aromatic nitrogens is 2. The lowest BCUT2D eigenvalue weighted by molar-refractivity contribution is -0.143. The summed E-state index contributed by atoms with van der Waals surface area (Å²) in [6, 6.07) is 16.3. The summed E-state index contributed by atoms with van der Waals surface area (Å²) in [5, 5.41) is 0. The van der Waals surface area contributed by atoms with Crippen molar-refractivity contribution in [1.82, 2.24) is 9.55 Å². The van der Waals surface area contributed by atoms with Crippen molar-refractivity contribution >= 4 is 21.9 Å². The molecule has 2 aromatic carbocycles. The fraction of sp³-hybridized carbons (Fsp3) is 0.360. The topological polar surface area (TPSA) is 53.4 Å². The molecule has 0 aliphatic carbocycles. The van der Waals surface area contributed by atoms with Gasteiger partial charge in [-0.1, -0.05) is 46.3 Å². The van der Waals surface area contributed by atoms with E-state index in [2.05, 4.69) is 50.6 Å². The van der Waals surface area contributed by atoms with E-state index in [9.17, 15) is 4.79 Å². The van der Waals surface area contributed by atoms with Gasteiger partial charge in [0.1, 0.15) is 11.6 Å². The Hall–Kier alpha value is -2.60. The van der Waals surface area contributed by atoms with Crippen LogP contribution in [0.15, 0.2) is 59.2 Å². The maximum Gasteiger partial charge on any atom is 0.305 e. The third-order valence-corrected chi connectivity index (χ3v) is 5.58. The van der Waals surface area contributed by atoms with Gasteiger partial charge in [0.15, 0.2) is 0 Å². The first-order valence-corrected chi connectivity index (χ1v) is 11.5. The van der Waals surface area contributed by atoms with Gasteiger partial charge in [-0.05, 0) is 51.3 Å². The Kier molecular flexibility index (Phi) is 8.71. The molecule has 0 amide bonds. The quantitative estimate of drug-likeness (QED) is 0.241. The molecular formula is C25H29BrN2O3. The SMILES string of the molecule is CCOC(=O)CCCCCOc1ccccc1Cn1c(C)cnc1-c1ccc(Br)cc1. The minimum Gasteiger partial charge on any atom is -0.493 e. The number of nitrogens with zero attached hydrogens (tertiary/aromatic N) is 2. The number of halogens is 1. The molecule has 1 heterocycles. The highest BCUT2D eigenvalue weighted by Crippen LogP contribution is 2.26. The molecule has 0 bridgehead atoms. The molecule has 164 valence electrons. The molecule has 3 rings (SSSR count). The van der Waals surface area contributed by atoms with Crippen LogP contribution in [0.4, 0.5) is 0 Å². The van der Waals surface area contributed by atoms with Gasteiger partial charge >= 0.3 is 5.97 Å². The van der Waals surface area contributed by atoms with Crippen molar-refractivity contribution in [3.8, 4) is 17.1 Å². The number of aryl methyl sites for hydroxylation is 1. The first-order valence-electron chi connectivity index (χ1n) is 10.7. The van der Waals surface area contributed by atoms with Gasteiger partial charge < -0.3 is 14.0 Å². The normalized spacial score (nSPS) is 10.8. The summed E-state index contributed by atoms with van der Waals surface area (Å²) in [6.45, 7) is 5.66. The summed E-state index contributed by atoms with van der Waals surface area (Å²) in [4.78, 5) is 16.0. The van der Waals surface area contributed by atoms with E-state index >= 15 is 0 Å². The highest BCUT2D eigenvalue weighted by atomic mass is 79.9. The molecule has 0 saturated heterocycles. The zero-order valence-electron chi connectivity index (χ0n) is 18.1. The van der Waals surface area contributed by atoms with Crippen molar-refractivity contribution in [3.05, 3.63) is 70.5 Å². The highest BCUT2D eigenvalue weighted by molar-refractivity contribution is 9.10. The summed E-state index contributed by atoms with van der Waals surface area (Å²) in [6.07, 6.45) is 5.06. The van der Waals surface area contributed by atoms with E-state index in [4.69, 9.17) is 9.47 Å². The average molecular weight is 485 g/mol. The molecule has 0 atom stereocenters. The zero-order chi connectivity index (χ0) is 22.1. The maximum absolute atomic E-state index is 11.4. The van der Waals surface area contributed by atoms with E-state index in [-0.39, 0.29) is 5.97 Å². The second-order valence-electron chi connectivity index (χ2n) is 7.39. The highest BCUT2D eigenvalue weighted by Gasteiger charge is 2.12. The smallest absolute Gasteiger partial charge is 0.305 e. The Balaban J connectivity index is 1.61. The van der Waals surface area contributed by atoms with Crippen molar-refractivity contribution in [2.24, 2.45) is 0 Å². The molecule has 0 spiro atoms. The summed E-state index contributed by atoms with van der Waals surface area (Å²) in [7, 11) is 0. The number of para-hydroxylation sites is 1. The molecule has 3 aromatic rings. The van der Waals surface area contributed by atoms with E-state index in [0.29, 0.717) is 26.2 Å². The second-order valence-corrected chi connectivity index (χ2v) is 8.30. The van der Waals surface area contributed by atoms with Crippen LogP contribution in [0.2, 0.25) is 0 Å². The van der Waals surface area contributed by atoms with Crippen LogP contribution < -0.4 is 4.74 Å². The van der Waals surface area contributed by atoms with Gasteiger partial charge in [-0.15, -0.1) is 0 Å². The van der Waals surface area contributed by atoms with E-state index in [0.717, 1.165) is 52.1 Å². The Labute approximate surface area is 192 Å². The third kappa shape index (κ3) is 6.69. The predicted octanol–water partition coefficient (Wildman–Crippen LogP) is 6.17. The van der Waals surface area contributed by atoms with E-state index in [1.807, 2.05) is 43.5 Å². The molecule has 5 nitrogen and oxygen atoms in total. The number of hydrogen-bond acceptors (Lipinski definition) is 4. The standard InChI is InChI=1S/C25H29BrN2O3/c1-3-30-24(29)11-5-4-8-16-31-23-10-7-6-9-21(23)18-28-19(2)17-27-25(28)20-12-14-22(26)15-13-20/h6-7,9-10,12-15,17H,3-5,8,11,16,18H2,1-2H3. The lowest BCUT2D eigenvalue weighted by atomic mass is 10.1. The Bertz CT molecular complexity index is 983. The van der Waals surface area contributed by atoms with Crippen molar-refractivity contribution < 1.29 is 14.3 Å². The summed E-state index contributed by atoms with van der Waals surface area (Å²) in [5.74, 6) is 1.72. The summed E-state index contributed by atoms with van der Waals surface area (Å²) in [5.41, 5.74) is 3.30. The first-order chi connectivity index (χ1) is 15.1. The van der Waals surface area contributed by atoms with Crippen LogP contribution >= 0.6 is 15.9 Å². The van der Waals surface area contributed by atoms with Gasteiger partial charge in [0.05, 0.1) is 19.8 Å². The number of hydrogen-bond donors (Lipinski definition) is 0. The molecule has 0 unspecified atom stereocenters. The van der Waals surface area contributed by atoms with E-state index in [1.54, 1.807) is 0 Å². The Morgan fingerprint density at radius 3 is 2.61 bits per heavy atom. The van der Waals surface area contributed by atoms with Crippen molar-refractivity contribution in [3.63, 3.8) is 0 Å². The molecule has 6 heteroatoms. The van der Waals surface area contributed by atoms with Crippen LogP contribution in [0.1, 0.15) is 43.9 Å². The number of unbranched alkanes of at least 4 members (excludes halogenated alkanes) is 2. The number of benzene rings is 2. The lowest BCUT2D eigenvalue weighted by Gasteiger charge is -2.15. The minimum atomic E-state index is -0.119. The van der Waals surface area contributed by atoms with E-state index in [1.165, 1.54) is 0 Å². The molecule has 0 aliphatic heterocycles. The number of carbonyl (C=O) groups excluding carboxylic acids is 1. The molecule has 1 aromatic heterocycles. The van der Waals surface area contributed by atoms with Crippen LogP contribution in [-0.4, -0.2) is 28.7 Å². The van der Waals surface area contributed by atoms with Crippen LogP contribution in [0.5, 0.6) is 5.75 Å². The second kappa shape index (κ2) is 11.7. The van der Waals surface area contributed by atoms with Gasteiger partial charge in [-0.2, -0.15) is 0 Å². The van der Waals surface area contributed by atoms with Gasteiger partial charge in [-0.25, -0.2) is 4.98 Å². The maximum atomic E-state index is 11.4. The average Bonchev–Trinajstić information content (AvgIpc) is 3.12. The van der Waals surface area contributed by atoms with Gasteiger partial charge in [0, 0.05) is 33.9 Å². The van der Waals surface area contributed by atoms with Gasteiger partial charge in [-0.3, -0.25) is 4.79 Å². The fourth-order valence-electron chi connectivity index (χ4n) is 3.40. The van der Waals surface area contributed by atoms with Crippen molar-refractivity contribution in [1.29, 1.82) is 0 Å². The molecule has 0 saturated carbocycles. The molecule has 31 heavy (non-hydrogen) atoms. The fourth-order valence-corrected chi connectivity index (χ4v) is 3.66. The molecular weight excluding hydrogens is 456 g/mol. The van der Waals surface area contributed by atoms with E-state index < -0.39 is 0 Å². The Morgan fingerprint density at radius 2 is 1.84 bits per heavy atom. The number of rotatable bonds is 11. The number of carbonyl (C=O) groups is 1. The number of esters is 1. The summed E-state index contributed by atoms with van der Waals surface area (Å²) < 4.78 is 14.3. The van der Waals surface area contributed by atoms with Crippen LogP contribution in [0.3, 0.4) is 0 Å². The number of ether oxygens (including phenoxy) is 2. The van der Waals surface area contributed by atoms with Crippen LogP contribution in [0, 0.1) is 6.92 Å². The monoisotopic (exact) mass is 484 g/mol. The molecule has 0 N–H and O–H groups in total. The van der Waals surface area contributed by atoms with Crippen LogP contribution in [-0.2, 0) is 16.1 Å². The van der Waals surface area contributed by atoms with Crippen LogP contribution in [0.25, 0.3) is 11.4 Å². The minimum absolute atomic E-state index is 0.119. The molecule has 0 aliphatic rings. The number of imidazole rings is 1. The Morgan fingerprint density at radius 1 is 1.06 bits per heavy atom. The van der Waals surface area contributed by atoms with Gasteiger partial charge in [0.2, 0.25) is 0 Å². The van der Waals surface area contributed by atoms with Crippen molar-refractivity contribution in [2.45, 2.75) is 46.1 Å². The zero-order valence-corrected chi connectivity index (χ0v) is 19.7. The lowest BCUT2D eigenvalue weighted by Crippen LogP contribution is -2.07. The largest absolute Gasteiger partial charge is 0.493 e. The van der Waals surface area contributed by atoms with Gasteiger partial charge in [0.25, 0.3) is 0 Å². The molecule has 0 radical (unpaired) electrons. The first kappa shape index (κ1) is 23.1. The molecule has 0 fully saturated rings. The third-order valence-electron chi connectivity index (χ3n) is 5.05. The van der Waals surface area contributed by atoms with Crippen molar-refractivity contribution in [2.75, 3.05) is 13.2 Å².